The Morgan fingerprint density at radius 2 is 1.75 bits per heavy atom. The maximum Gasteiger partial charge on any atom is 0.335 e. The summed E-state index contributed by atoms with van der Waals surface area (Å²) in [6, 6.07) is 14.8. The van der Waals surface area contributed by atoms with Gasteiger partial charge in [-0.05, 0) is 54.7 Å². The highest BCUT2D eigenvalue weighted by atomic mass is 79.9. The molecule has 126 valence electrons. The van der Waals surface area contributed by atoms with E-state index in [2.05, 4.69) is 33.4 Å². The van der Waals surface area contributed by atoms with Gasteiger partial charge in [0.15, 0.2) is 0 Å². The van der Waals surface area contributed by atoms with Crippen LogP contribution in [0.1, 0.15) is 34.3 Å². The third kappa shape index (κ3) is 6.16. The zero-order valence-corrected chi connectivity index (χ0v) is 14.9. The Kier molecular flexibility index (Phi) is 7.00. The van der Waals surface area contributed by atoms with Crippen LogP contribution in [0.4, 0.5) is 0 Å². The van der Waals surface area contributed by atoms with Crippen LogP contribution >= 0.6 is 15.9 Å². The molecule has 0 bridgehead atoms. The number of hydrogen-bond acceptors (Lipinski definition) is 2. The summed E-state index contributed by atoms with van der Waals surface area (Å²) in [5.41, 5.74) is 2.47. The normalized spacial score (nSPS) is 10.4. The molecule has 5 heteroatoms. The van der Waals surface area contributed by atoms with Gasteiger partial charge in [-0.2, -0.15) is 0 Å². The van der Waals surface area contributed by atoms with E-state index in [9.17, 15) is 9.59 Å². The van der Waals surface area contributed by atoms with E-state index in [1.807, 2.05) is 12.1 Å². The van der Waals surface area contributed by atoms with Gasteiger partial charge in [0.05, 0.1) is 5.56 Å². The molecule has 1 amide bonds. The van der Waals surface area contributed by atoms with Crippen molar-refractivity contribution in [1.82, 2.24) is 5.32 Å². The van der Waals surface area contributed by atoms with Gasteiger partial charge in [0, 0.05) is 17.4 Å². The van der Waals surface area contributed by atoms with Crippen molar-refractivity contribution in [1.29, 1.82) is 0 Å². The zero-order valence-electron chi connectivity index (χ0n) is 13.3. The molecule has 0 saturated carbocycles. The summed E-state index contributed by atoms with van der Waals surface area (Å²) in [4.78, 5) is 22.6. The minimum absolute atomic E-state index is 0.0200. The Morgan fingerprint density at radius 1 is 1.00 bits per heavy atom. The van der Waals surface area contributed by atoms with Crippen LogP contribution in [0.5, 0.6) is 0 Å². The van der Waals surface area contributed by atoms with Crippen LogP contribution in [-0.2, 0) is 17.6 Å². The summed E-state index contributed by atoms with van der Waals surface area (Å²) in [5.74, 6) is -0.920. The van der Waals surface area contributed by atoms with Gasteiger partial charge in [0.25, 0.3) is 0 Å². The molecule has 2 N–H and O–H groups in total. The number of amides is 1. The molecule has 0 aromatic heterocycles. The average Bonchev–Trinajstić information content (AvgIpc) is 2.57. The SMILES string of the molecule is O=C(CCc1ccc(C(=O)O)cc1)NCCCc1cccc(Br)c1. The van der Waals surface area contributed by atoms with Crippen LogP contribution < -0.4 is 5.32 Å². The van der Waals surface area contributed by atoms with Crippen LogP contribution in [0.15, 0.2) is 53.0 Å². The number of halogens is 1. The van der Waals surface area contributed by atoms with E-state index in [0.717, 1.165) is 22.9 Å². The van der Waals surface area contributed by atoms with E-state index in [-0.39, 0.29) is 11.5 Å². The standard InChI is InChI=1S/C19H20BrNO3/c20-17-5-1-3-15(13-17)4-2-12-21-18(22)11-8-14-6-9-16(10-7-14)19(23)24/h1,3,5-7,9-10,13H,2,4,8,11-12H2,(H,21,22)(H,23,24). The minimum Gasteiger partial charge on any atom is -0.478 e. The molecular formula is C19H20BrNO3. The van der Waals surface area contributed by atoms with Gasteiger partial charge in [0.1, 0.15) is 0 Å². The van der Waals surface area contributed by atoms with Gasteiger partial charge in [-0.1, -0.05) is 40.2 Å². The van der Waals surface area contributed by atoms with Gasteiger partial charge in [0.2, 0.25) is 5.91 Å². The molecule has 0 aliphatic heterocycles. The van der Waals surface area contributed by atoms with Crippen molar-refractivity contribution in [2.75, 3.05) is 6.54 Å². The highest BCUT2D eigenvalue weighted by molar-refractivity contribution is 9.10. The van der Waals surface area contributed by atoms with Crippen molar-refractivity contribution in [3.05, 3.63) is 69.7 Å². The molecular weight excluding hydrogens is 370 g/mol. The summed E-state index contributed by atoms with van der Waals surface area (Å²) >= 11 is 3.45. The Balaban J connectivity index is 1.65. The smallest absolute Gasteiger partial charge is 0.335 e. The van der Waals surface area contributed by atoms with Crippen molar-refractivity contribution in [2.24, 2.45) is 0 Å². The maximum atomic E-state index is 11.8. The third-order valence-corrected chi connectivity index (χ3v) is 4.19. The lowest BCUT2D eigenvalue weighted by Gasteiger charge is -2.06. The summed E-state index contributed by atoms with van der Waals surface area (Å²) < 4.78 is 1.07. The van der Waals surface area contributed by atoms with Crippen molar-refractivity contribution in [3.8, 4) is 0 Å². The number of carboxylic acids is 1. The Labute approximate surface area is 150 Å². The van der Waals surface area contributed by atoms with Crippen molar-refractivity contribution in [3.63, 3.8) is 0 Å². The first-order valence-electron chi connectivity index (χ1n) is 7.88. The number of carboxylic acid groups (broad SMARTS) is 1. The molecule has 0 spiro atoms. The van der Waals surface area contributed by atoms with Gasteiger partial charge >= 0.3 is 5.97 Å². The Morgan fingerprint density at radius 3 is 2.42 bits per heavy atom. The second-order valence-electron chi connectivity index (χ2n) is 5.59. The molecule has 0 aliphatic rings. The number of aromatic carboxylic acids is 1. The quantitative estimate of drug-likeness (QED) is 0.674. The largest absolute Gasteiger partial charge is 0.478 e. The van der Waals surface area contributed by atoms with Gasteiger partial charge in [-0.25, -0.2) is 4.79 Å². The lowest BCUT2D eigenvalue weighted by molar-refractivity contribution is -0.121. The summed E-state index contributed by atoms with van der Waals surface area (Å²) in [5, 5.41) is 11.8. The first kappa shape index (κ1) is 18.2. The topological polar surface area (TPSA) is 66.4 Å². The maximum absolute atomic E-state index is 11.8. The molecule has 0 aliphatic carbocycles. The number of hydrogen-bond donors (Lipinski definition) is 2. The monoisotopic (exact) mass is 389 g/mol. The summed E-state index contributed by atoms with van der Waals surface area (Å²) in [6.45, 7) is 0.656. The average molecular weight is 390 g/mol. The van der Waals surface area contributed by atoms with E-state index >= 15 is 0 Å². The van der Waals surface area contributed by atoms with Crippen molar-refractivity contribution < 1.29 is 14.7 Å². The molecule has 4 nitrogen and oxygen atoms in total. The highest BCUT2D eigenvalue weighted by Gasteiger charge is 2.04. The van der Waals surface area contributed by atoms with E-state index in [0.29, 0.717) is 19.4 Å². The lowest BCUT2D eigenvalue weighted by atomic mass is 10.1. The number of carbonyl (C=O) groups excluding carboxylic acids is 1. The fourth-order valence-corrected chi connectivity index (χ4v) is 2.82. The van der Waals surface area contributed by atoms with Crippen LogP contribution in [0.3, 0.4) is 0 Å². The third-order valence-electron chi connectivity index (χ3n) is 3.70. The van der Waals surface area contributed by atoms with Crippen molar-refractivity contribution in [2.45, 2.75) is 25.7 Å². The van der Waals surface area contributed by atoms with Gasteiger partial charge in [-0.3, -0.25) is 4.79 Å². The van der Waals surface area contributed by atoms with E-state index in [4.69, 9.17) is 5.11 Å². The Bertz CT molecular complexity index is 698. The Hall–Kier alpha value is -2.14. The number of rotatable bonds is 8. The molecule has 24 heavy (non-hydrogen) atoms. The van der Waals surface area contributed by atoms with Crippen molar-refractivity contribution >= 4 is 27.8 Å². The van der Waals surface area contributed by atoms with Gasteiger partial charge < -0.3 is 10.4 Å². The number of nitrogens with one attached hydrogen (secondary N) is 1. The fraction of sp³-hybridized carbons (Fsp3) is 0.263. The predicted octanol–water partition coefficient (Wildman–Crippen LogP) is 3.83. The number of carbonyl (C=O) groups is 2. The molecule has 0 saturated heterocycles. The van der Waals surface area contributed by atoms with Crippen LogP contribution in [-0.4, -0.2) is 23.5 Å². The van der Waals surface area contributed by atoms with Gasteiger partial charge in [-0.15, -0.1) is 0 Å². The highest BCUT2D eigenvalue weighted by Crippen LogP contribution is 2.12. The first-order chi connectivity index (χ1) is 11.5. The fourth-order valence-electron chi connectivity index (χ4n) is 2.37. The van der Waals surface area contributed by atoms with E-state index in [1.165, 1.54) is 5.56 Å². The van der Waals surface area contributed by atoms with E-state index < -0.39 is 5.97 Å². The summed E-state index contributed by atoms with van der Waals surface area (Å²) in [7, 11) is 0. The second-order valence-corrected chi connectivity index (χ2v) is 6.50. The molecule has 2 rings (SSSR count). The first-order valence-corrected chi connectivity index (χ1v) is 8.67. The molecule has 0 radical (unpaired) electrons. The minimum atomic E-state index is -0.940. The second kappa shape index (κ2) is 9.23. The number of benzene rings is 2. The molecule has 2 aromatic rings. The molecule has 0 fully saturated rings. The lowest BCUT2D eigenvalue weighted by Crippen LogP contribution is -2.24. The predicted molar refractivity (Wildman–Crippen MR) is 97.2 cm³/mol. The van der Waals surface area contributed by atoms with E-state index in [1.54, 1.807) is 24.3 Å². The van der Waals surface area contributed by atoms with Crippen LogP contribution in [0.25, 0.3) is 0 Å². The molecule has 0 unspecified atom stereocenters. The zero-order chi connectivity index (χ0) is 17.4. The number of aryl methyl sites for hydroxylation is 2. The summed E-state index contributed by atoms with van der Waals surface area (Å²) in [6.07, 6.45) is 2.84. The van der Waals surface area contributed by atoms with Crippen LogP contribution in [0.2, 0.25) is 0 Å². The molecule has 2 aromatic carbocycles. The van der Waals surface area contributed by atoms with Crippen LogP contribution in [0, 0.1) is 0 Å². The molecule has 0 atom stereocenters. The molecule has 0 heterocycles.